The van der Waals surface area contributed by atoms with Crippen molar-refractivity contribution in [1.82, 2.24) is 9.88 Å². The Balaban J connectivity index is 1.39. The molecule has 2 aromatic carbocycles. The second-order valence-corrected chi connectivity index (χ2v) is 9.47. The maximum Gasteiger partial charge on any atom is 0.342 e. The third-order valence-electron chi connectivity index (χ3n) is 5.22. The van der Waals surface area contributed by atoms with Crippen LogP contribution in [0.15, 0.2) is 82.0 Å². The lowest BCUT2D eigenvalue weighted by Gasteiger charge is -2.26. The predicted molar refractivity (Wildman–Crippen MR) is 131 cm³/mol. The Morgan fingerprint density at radius 2 is 1.73 bits per heavy atom. The van der Waals surface area contributed by atoms with Gasteiger partial charge < -0.3 is 19.5 Å². The molecule has 0 radical (unpaired) electrons. The maximum atomic E-state index is 12.5. The van der Waals surface area contributed by atoms with Gasteiger partial charge in [-0.25, -0.2) is 18.2 Å². The van der Waals surface area contributed by atoms with Gasteiger partial charge in [0.1, 0.15) is 17.1 Å². The van der Waals surface area contributed by atoms with Crippen LogP contribution in [0.4, 0.5) is 17.2 Å². The van der Waals surface area contributed by atoms with E-state index in [0.717, 1.165) is 0 Å². The van der Waals surface area contributed by atoms with E-state index in [9.17, 15) is 23.1 Å². The highest BCUT2D eigenvalue weighted by Crippen LogP contribution is 2.26. The van der Waals surface area contributed by atoms with Crippen molar-refractivity contribution in [3.05, 3.63) is 72.4 Å². The number of ether oxygens (including phenoxy) is 2. The highest BCUT2D eigenvalue weighted by atomic mass is 32.2. The van der Waals surface area contributed by atoms with Crippen molar-refractivity contribution in [2.45, 2.75) is 4.90 Å². The minimum atomic E-state index is -3.83. The number of carbonyl (C=O) groups is 2. The summed E-state index contributed by atoms with van der Waals surface area (Å²) in [7, 11) is -3.83. The molecule has 1 aliphatic rings. The summed E-state index contributed by atoms with van der Waals surface area (Å²) in [5, 5.41) is 18.1. The number of nitrogens with one attached hydrogen (secondary N) is 1. The van der Waals surface area contributed by atoms with Crippen molar-refractivity contribution < 1.29 is 32.6 Å². The average Bonchev–Trinajstić information content (AvgIpc) is 2.92. The molecule has 1 saturated heterocycles. The molecule has 0 aliphatic carbocycles. The number of hydrogen-bond acceptors (Lipinski definition) is 10. The quantitative estimate of drug-likeness (QED) is 0.335. The third-order valence-corrected chi connectivity index (χ3v) is 6.59. The van der Waals surface area contributed by atoms with Crippen molar-refractivity contribution in [3.8, 4) is 5.75 Å². The first-order chi connectivity index (χ1) is 17.8. The fraction of sp³-hybridized carbons (Fsp3) is 0.208. The van der Waals surface area contributed by atoms with Gasteiger partial charge in [-0.3, -0.25) is 9.52 Å². The number of azo groups is 1. The van der Waals surface area contributed by atoms with E-state index in [2.05, 4.69) is 19.9 Å². The number of rotatable bonds is 8. The van der Waals surface area contributed by atoms with Crippen molar-refractivity contribution >= 4 is 39.1 Å². The highest BCUT2D eigenvalue weighted by molar-refractivity contribution is 7.92. The summed E-state index contributed by atoms with van der Waals surface area (Å²) in [4.78, 5) is 30.1. The van der Waals surface area contributed by atoms with Crippen molar-refractivity contribution in [2.75, 3.05) is 37.6 Å². The zero-order valence-electron chi connectivity index (χ0n) is 19.5. The molecule has 1 aromatic heterocycles. The monoisotopic (exact) mass is 525 g/mol. The summed E-state index contributed by atoms with van der Waals surface area (Å²) < 4.78 is 37.6. The maximum absolute atomic E-state index is 12.5. The largest absolute Gasteiger partial charge is 0.507 e. The summed E-state index contributed by atoms with van der Waals surface area (Å²) >= 11 is 0. The molecule has 37 heavy (non-hydrogen) atoms. The number of carbonyl (C=O) groups excluding carboxylic acids is 2. The minimum absolute atomic E-state index is 0.0124. The molecule has 1 fully saturated rings. The van der Waals surface area contributed by atoms with Crippen LogP contribution in [0.3, 0.4) is 0 Å². The minimum Gasteiger partial charge on any atom is -0.507 e. The number of amides is 1. The molecule has 2 N–H and O–H groups in total. The molecule has 0 unspecified atom stereocenters. The van der Waals surface area contributed by atoms with Gasteiger partial charge in [0.05, 0.1) is 29.5 Å². The van der Waals surface area contributed by atoms with Gasteiger partial charge in [0.25, 0.3) is 15.9 Å². The van der Waals surface area contributed by atoms with Crippen molar-refractivity contribution in [3.63, 3.8) is 0 Å². The van der Waals surface area contributed by atoms with Gasteiger partial charge in [0.15, 0.2) is 6.61 Å². The van der Waals surface area contributed by atoms with Gasteiger partial charge in [-0.1, -0.05) is 6.07 Å². The lowest BCUT2D eigenvalue weighted by molar-refractivity contribution is -0.138. The standard InChI is InChI=1S/C24H23N5O7S/c30-21-9-6-18(15-20(21)24(32)36-16-23(31)29-11-13-35-14-12-29)27-26-17-4-7-19(8-5-17)37(33,34)28-22-3-1-2-10-25-22/h1-10,15,30H,11-14,16H2,(H,25,28)/b27-26+. The first-order valence-electron chi connectivity index (χ1n) is 11.1. The van der Waals surface area contributed by atoms with Crippen LogP contribution < -0.4 is 4.72 Å². The van der Waals surface area contributed by atoms with E-state index in [4.69, 9.17) is 9.47 Å². The second-order valence-electron chi connectivity index (χ2n) is 7.79. The molecule has 0 spiro atoms. The van der Waals surface area contributed by atoms with Gasteiger partial charge in [0.2, 0.25) is 0 Å². The summed E-state index contributed by atoms with van der Waals surface area (Å²) in [5.74, 6) is -1.38. The lowest BCUT2D eigenvalue weighted by Crippen LogP contribution is -2.42. The van der Waals surface area contributed by atoms with E-state index in [1.54, 1.807) is 12.1 Å². The third kappa shape index (κ3) is 6.86. The molecule has 4 rings (SSSR count). The molecule has 3 aromatic rings. The Bertz CT molecular complexity index is 1390. The van der Waals surface area contributed by atoms with Crippen molar-refractivity contribution in [1.29, 1.82) is 0 Å². The zero-order chi connectivity index (χ0) is 26.3. The van der Waals surface area contributed by atoms with Gasteiger partial charge in [-0.15, -0.1) is 0 Å². The number of pyridine rings is 1. The van der Waals surface area contributed by atoms with Crippen LogP contribution in [0.1, 0.15) is 10.4 Å². The van der Waals surface area contributed by atoms with Crippen LogP contribution in [0.25, 0.3) is 0 Å². The van der Waals surface area contributed by atoms with Crippen molar-refractivity contribution in [2.24, 2.45) is 10.2 Å². The van der Waals surface area contributed by atoms with E-state index in [0.29, 0.717) is 32.0 Å². The van der Waals surface area contributed by atoms with Crippen LogP contribution in [0.2, 0.25) is 0 Å². The fourth-order valence-corrected chi connectivity index (χ4v) is 4.29. The molecule has 13 heteroatoms. The number of aromatic hydroxyl groups is 1. The van der Waals surface area contributed by atoms with Gasteiger partial charge in [0, 0.05) is 19.3 Å². The van der Waals surface area contributed by atoms with Gasteiger partial charge >= 0.3 is 5.97 Å². The molecule has 0 atom stereocenters. The number of benzene rings is 2. The van der Waals surface area contributed by atoms with Crippen LogP contribution in [0.5, 0.6) is 5.75 Å². The first kappa shape index (κ1) is 25.7. The Kier molecular flexibility index (Phi) is 8.05. The number of hydrogen-bond donors (Lipinski definition) is 2. The van der Waals surface area contributed by atoms with E-state index in [1.165, 1.54) is 59.6 Å². The van der Waals surface area contributed by atoms with E-state index in [1.807, 2.05) is 0 Å². The smallest absolute Gasteiger partial charge is 0.342 e. The average molecular weight is 526 g/mol. The molecule has 192 valence electrons. The van der Waals surface area contributed by atoms with Crippen LogP contribution >= 0.6 is 0 Å². The number of phenolic OH excluding ortho intramolecular Hbond substituents is 1. The molecular formula is C24H23N5O7S. The number of anilines is 1. The summed E-state index contributed by atoms with van der Waals surface area (Å²) in [6.07, 6.45) is 1.47. The zero-order valence-corrected chi connectivity index (χ0v) is 20.3. The van der Waals surface area contributed by atoms with E-state index < -0.39 is 22.6 Å². The van der Waals surface area contributed by atoms with Crippen LogP contribution in [-0.4, -0.2) is 68.2 Å². The Morgan fingerprint density at radius 3 is 2.43 bits per heavy atom. The van der Waals surface area contributed by atoms with Gasteiger partial charge in [-0.2, -0.15) is 10.2 Å². The number of morpholine rings is 1. The van der Waals surface area contributed by atoms with Crippen LogP contribution in [-0.2, 0) is 24.3 Å². The first-order valence-corrected chi connectivity index (χ1v) is 12.6. The summed E-state index contributed by atoms with van der Waals surface area (Å²) in [6.45, 7) is 1.23. The Hall–Kier alpha value is -4.36. The molecule has 2 heterocycles. The molecule has 1 amide bonds. The molecule has 1 aliphatic heterocycles. The summed E-state index contributed by atoms with van der Waals surface area (Å²) in [6, 6.07) is 14.5. The number of aromatic nitrogens is 1. The number of esters is 1. The van der Waals surface area contributed by atoms with E-state index in [-0.39, 0.29) is 33.6 Å². The fourth-order valence-electron chi connectivity index (χ4n) is 3.29. The number of phenols is 1. The molecule has 0 saturated carbocycles. The topological polar surface area (TPSA) is 160 Å². The number of nitrogens with zero attached hydrogens (tertiary/aromatic N) is 4. The summed E-state index contributed by atoms with van der Waals surface area (Å²) in [5.41, 5.74) is 0.413. The van der Waals surface area contributed by atoms with Gasteiger partial charge in [-0.05, 0) is 54.6 Å². The van der Waals surface area contributed by atoms with Crippen LogP contribution in [0, 0.1) is 0 Å². The molecule has 0 bridgehead atoms. The Labute approximate surface area is 212 Å². The Morgan fingerprint density at radius 1 is 1.03 bits per heavy atom. The highest BCUT2D eigenvalue weighted by Gasteiger charge is 2.20. The van der Waals surface area contributed by atoms with E-state index >= 15 is 0 Å². The second kappa shape index (κ2) is 11.6. The lowest BCUT2D eigenvalue weighted by atomic mass is 10.2. The SMILES string of the molecule is O=C(OCC(=O)N1CCOCC1)c1cc(/N=N/c2ccc(S(=O)(=O)Nc3ccccn3)cc2)ccc1O. The predicted octanol–water partition coefficient (Wildman–Crippen LogP) is 3.02. The molecule has 12 nitrogen and oxygen atoms in total. The molecular weight excluding hydrogens is 502 g/mol. The normalized spacial score (nSPS) is 13.9. The number of sulfonamides is 1.